The third-order valence-electron chi connectivity index (χ3n) is 2.61. The summed E-state index contributed by atoms with van der Waals surface area (Å²) >= 11 is 0. The van der Waals surface area contributed by atoms with Gasteiger partial charge < -0.3 is 9.63 Å². The van der Waals surface area contributed by atoms with Crippen LogP contribution in [-0.4, -0.2) is 16.2 Å². The standard InChI is InChI=1S/C9H11NO4/c11-8(12)4-5-1-2-7-6(3-5)9(13)10-14-7/h5H,1-4H2,(H,10,13)(H,11,12). The largest absolute Gasteiger partial charge is 0.481 e. The lowest BCUT2D eigenvalue weighted by atomic mass is 9.86. The molecule has 1 aromatic rings. The molecular weight excluding hydrogens is 186 g/mol. The van der Waals surface area contributed by atoms with E-state index in [1.165, 1.54) is 0 Å². The molecule has 14 heavy (non-hydrogen) atoms. The molecule has 0 amide bonds. The molecule has 0 fully saturated rings. The van der Waals surface area contributed by atoms with Crippen LogP contribution in [0.1, 0.15) is 24.2 Å². The van der Waals surface area contributed by atoms with Crippen LogP contribution in [0.5, 0.6) is 0 Å². The summed E-state index contributed by atoms with van der Waals surface area (Å²) in [6.07, 6.45) is 2.09. The van der Waals surface area contributed by atoms with Crippen LogP contribution in [0.2, 0.25) is 0 Å². The van der Waals surface area contributed by atoms with Crippen molar-refractivity contribution >= 4 is 5.97 Å². The van der Waals surface area contributed by atoms with Crippen molar-refractivity contribution in [3.63, 3.8) is 0 Å². The number of H-pyrrole nitrogens is 1. The Balaban J connectivity index is 2.16. The SMILES string of the molecule is O=C(O)CC1CCc2o[nH]c(=O)c2C1. The van der Waals surface area contributed by atoms with Crippen LogP contribution in [0.4, 0.5) is 0 Å². The summed E-state index contributed by atoms with van der Waals surface area (Å²) in [6, 6.07) is 0. The molecule has 0 spiro atoms. The second kappa shape index (κ2) is 3.32. The molecule has 1 aliphatic rings. The molecule has 5 nitrogen and oxygen atoms in total. The van der Waals surface area contributed by atoms with E-state index in [2.05, 4.69) is 5.16 Å². The van der Waals surface area contributed by atoms with Gasteiger partial charge in [-0.05, 0) is 18.8 Å². The van der Waals surface area contributed by atoms with Gasteiger partial charge in [-0.15, -0.1) is 0 Å². The Kier molecular flexibility index (Phi) is 2.15. The van der Waals surface area contributed by atoms with E-state index in [1.54, 1.807) is 0 Å². The number of aryl methyl sites for hydroxylation is 1. The highest BCUT2D eigenvalue weighted by atomic mass is 16.5. The zero-order valence-corrected chi connectivity index (χ0v) is 7.58. The van der Waals surface area contributed by atoms with Gasteiger partial charge in [-0.25, -0.2) is 0 Å². The number of carbonyl (C=O) groups is 1. The maximum atomic E-state index is 11.2. The van der Waals surface area contributed by atoms with Crippen LogP contribution < -0.4 is 5.56 Å². The summed E-state index contributed by atoms with van der Waals surface area (Å²) < 4.78 is 4.96. The fourth-order valence-corrected chi connectivity index (χ4v) is 1.91. The number of hydrogen-bond acceptors (Lipinski definition) is 3. The summed E-state index contributed by atoms with van der Waals surface area (Å²) in [5.74, 6) is -0.0475. The van der Waals surface area contributed by atoms with Gasteiger partial charge in [0.1, 0.15) is 5.76 Å². The molecule has 1 unspecified atom stereocenters. The first-order valence-corrected chi connectivity index (χ1v) is 4.58. The maximum absolute atomic E-state index is 11.2. The molecule has 0 bridgehead atoms. The Labute approximate surface area is 79.7 Å². The van der Waals surface area contributed by atoms with Gasteiger partial charge in [0.15, 0.2) is 0 Å². The molecule has 0 radical (unpaired) electrons. The second-order valence-electron chi connectivity index (χ2n) is 3.64. The number of nitrogens with one attached hydrogen (secondary N) is 1. The van der Waals surface area contributed by atoms with Crippen molar-refractivity contribution in [3.05, 3.63) is 21.7 Å². The number of aliphatic carboxylic acids is 1. The van der Waals surface area contributed by atoms with Crippen LogP contribution in [0.3, 0.4) is 0 Å². The lowest BCUT2D eigenvalue weighted by Crippen LogP contribution is -2.20. The molecule has 0 aliphatic heterocycles. The normalized spacial score (nSPS) is 20.4. The molecule has 1 aliphatic carbocycles. The molecule has 0 saturated heterocycles. The molecular formula is C9H11NO4. The number of rotatable bonds is 2. The van der Waals surface area contributed by atoms with Gasteiger partial charge >= 0.3 is 5.97 Å². The average molecular weight is 197 g/mol. The molecule has 0 saturated carbocycles. The lowest BCUT2D eigenvalue weighted by molar-refractivity contribution is -0.138. The predicted octanol–water partition coefficient (Wildman–Crippen LogP) is 0.548. The molecule has 1 atom stereocenters. The molecule has 76 valence electrons. The highest BCUT2D eigenvalue weighted by molar-refractivity contribution is 5.67. The first-order chi connectivity index (χ1) is 6.66. The Morgan fingerprint density at radius 2 is 2.43 bits per heavy atom. The van der Waals surface area contributed by atoms with Gasteiger partial charge in [-0.3, -0.25) is 9.59 Å². The van der Waals surface area contributed by atoms with Gasteiger partial charge in [0, 0.05) is 12.8 Å². The number of carboxylic acid groups (broad SMARTS) is 1. The van der Waals surface area contributed by atoms with Crippen molar-refractivity contribution in [1.82, 2.24) is 5.16 Å². The predicted molar refractivity (Wildman–Crippen MR) is 47.1 cm³/mol. The third-order valence-corrected chi connectivity index (χ3v) is 2.61. The van der Waals surface area contributed by atoms with Gasteiger partial charge in [0.25, 0.3) is 5.56 Å². The third kappa shape index (κ3) is 1.57. The number of carboxylic acids is 1. The van der Waals surface area contributed by atoms with E-state index in [-0.39, 0.29) is 17.9 Å². The molecule has 2 rings (SSSR count). The number of fused-ring (bicyclic) bond motifs is 1. The molecule has 1 heterocycles. The Hall–Kier alpha value is -1.52. The van der Waals surface area contributed by atoms with Gasteiger partial charge in [-0.2, -0.15) is 5.16 Å². The van der Waals surface area contributed by atoms with E-state index in [4.69, 9.17) is 9.63 Å². The van der Waals surface area contributed by atoms with Crippen molar-refractivity contribution in [1.29, 1.82) is 0 Å². The Morgan fingerprint density at radius 3 is 3.14 bits per heavy atom. The minimum absolute atomic E-state index is 0.0682. The van der Waals surface area contributed by atoms with Gasteiger partial charge in [0.05, 0.1) is 5.56 Å². The van der Waals surface area contributed by atoms with Crippen LogP contribution >= 0.6 is 0 Å². The summed E-state index contributed by atoms with van der Waals surface area (Å²) in [7, 11) is 0. The smallest absolute Gasteiger partial charge is 0.303 e. The van der Waals surface area contributed by atoms with Crippen molar-refractivity contribution in [3.8, 4) is 0 Å². The highest BCUT2D eigenvalue weighted by Crippen LogP contribution is 2.25. The number of aromatic amines is 1. The van der Waals surface area contributed by atoms with Crippen LogP contribution in [-0.2, 0) is 17.6 Å². The minimum atomic E-state index is -0.807. The molecule has 1 aromatic heterocycles. The Morgan fingerprint density at radius 1 is 1.64 bits per heavy atom. The monoisotopic (exact) mass is 197 g/mol. The second-order valence-corrected chi connectivity index (χ2v) is 3.64. The van der Waals surface area contributed by atoms with Crippen LogP contribution in [0.25, 0.3) is 0 Å². The number of aromatic nitrogens is 1. The fourth-order valence-electron chi connectivity index (χ4n) is 1.91. The van der Waals surface area contributed by atoms with Crippen LogP contribution in [0, 0.1) is 5.92 Å². The van der Waals surface area contributed by atoms with E-state index >= 15 is 0 Å². The summed E-state index contributed by atoms with van der Waals surface area (Å²) in [5.41, 5.74) is 0.414. The fraction of sp³-hybridized carbons (Fsp3) is 0.556. The van der Waals surface area contributed by atoms with E-state index in [9.17, 15) is 9.59 Å². The van der Waals surface area contributed by atoms with E-state index in [1.807, 2.05) is 0 Å². The van der Waals surface area contributed by atoms with E-state index in [0.717, 1.165) is 6.42 Å². The molecule has 5 heteroatoms. The zero-order valence-electron chi connectivity index (χ0n) is 7.58. The summed E-state index contributed by atoms with van der Waals surface area (Å²) in [4.78, 5) is 21.7. The molecule has 2 N–H and O–H groups in total. The minimum Gasteiger partial charge on any atom is -0.481 e. The first kappa shape index (κ1) is 9.05. The maximum Gasteiger partial charge on any atom is 0.303 e. The van der Waals surface area contributed by atoms with Gasteiger partial charge in [0.2, 0.25) is 0 Å². The van der Waals surface area contributed by atoms with Gasteiger partial charge in [-0.1, -0.05) is 0 Å². The van der Waals surface area contributed by atoms with Crippen molar-refractivity contribution < 1.29 is 14.4 Å². The Bertz CT molecular complexity index is 403. The summed E-state index contributed by atoms with van der Waals surface area (Å²) in [5, 5.41) is 10.9. The first-order valence-electron chi connectivity index (χ1n) is 4.58. The van der Waals surface area contributed by atoms with Crippen LogP contribution in [0.15, 0.2) is 9.32 Å². The van der Waals surface area contributed by atoms with Crippen molar-refractivity contribution in [2.24, 2.45) is 5.92 Å². The highest BCUT2D eigenvalue weighted by Gasteiger charge is 2.25. The van der Waals surface area contributed by atoms with Crippen molar-refractivity contribution in [2.45, 2.75) is 25.7 Å². The number of hydrogen-bond donors (Lipinski definition) is 2. The average Bonchev–Trinajstić information content (AvgIpc) is 2.47. The van der Waals surface area contributed by atoms with E-state index < -0.39 is 5.97 Å². The van der Waals surface area contributed by atoms with E-state index in [0.29, 0.717) is 24.2 Å². The van der Waals surface area contributed by atoms with Crippen molar-refractivity contribution in [2.75, 3.05) is 0 Å². The lowest BCUT2D eigenvalue weighted by Gasteiger charge is -2.17. The quantitative estimate of drug-likeness (QED) is 0.725. The zero-order chi connectivity index (χ0) is 10.1. The molecule has 0 aromatic carbocycles. The summed E-state index contributed by atoms with van der Waals surface area (Å²) in [6.45, 7) is 0. The topological polar surface area (TPSA) is 83.3 Å².